The van der Waals surface area contributed by atoms with Crippen molar-refractivity contribution in [2.24, 2.45) is 11.7 Å². The van der Waals surface area contributed by atoms with E-state index in [0.717, 1.165) is 18.8 Å². The normalized spacial score (nSPS) is 16.4. The molecule has 1 fully saturated rings. The molecule has 0 radical (unpaired) electrons. The van der Waals surface area contributed by atoms with Crippen LogP contribution in [0, 0.1) is 5.92 Å². The Balaban J connectivity index is 0.00000128. The fraction of sp³-hybridized carbons (Fsp3) is 0.538. The van der Waals surface area contributed by atoms with E-state index in [1.54, 1.807) is 0 Å². The van der Waals surface area contributed by atoms with E-state index < -0.39 is 0 Å². The summed E-state index contributed by atoms with van der Waals surface area (Å²) in [6.45, 7) is 2.89. The van der Waals surface area contributed by atoms with E-state index in [0.29, 0.717) is 5.92 Å². The van der Waals surface area contributed by atoms with Gasteiger partial charge in [-0.25, -0.2) is 0 Å². The van der Waals surface area contributed by atoms with Crippen LogP contribution in [0.3, 0.4) is 0 Å². The Labute approximate surface area is 104 Å². The number of nitrogens with two attached hydrogens (primary N) is 1. The van der Waals surface area contributed by atoms with Crippen LogP contribution in [0.1, 0.15) is 37.8 Å². The van der Waals surface area contributed by atoms with Crippen molar-refractivity contribution >= 4 is 12.4 Å². The molecule has 1 aromatic carbocycles. The number of hydrogen-bond acceptors (Lipinski definition) is 2. The van der Waals surface area contributed by atoms with Crippen molar-refractivity contribution in [3.63, 3.8) is 0 Å². The highest BCUT2D eigenvalue weighted by molar-refractivity contribution is 5.85. The van der Waals surface area contributed by atoms with Crippen LogP contribution in [-0.4, -0.2) is 6.61 Å². The Kier molecular flexibility index (Phi) is 5.10. The monoisotopic (exact) mass is 241 g/mol. The van der Waals surface area contributed by atoms with Gasteiger partial charge in [0.05, 0.1) is 6.61 Å². The lowest BCUT2D eigenvalue weighted by atomic mass is 10.0. The molecule has 1 saturated carbocycles. The van der Waals surface area contributed by atoms with Gasteiger partial charge in [0.1, 0.15) is 5.75 Å². The van der Waals surface area contributed by atoms with Gasteiger partial charge in [-0.2, -0.15) is 0 Å². The third kappa shape index (κ3) is 3.13. The van der Waals surface area contributed by atoms with Gasteiger partial charge < -0.3 is 10.5 Å². The molecule has 90 valence electrons. The molecule has 0 saturated heterocycles. The predicted octanol–water partition coefficient (Wildman–Crippen LogP) is 3.31. The van der Waals surface area contributed by atoms with E-state index in [2.05, 4.69) is 13.0 Å². The minimum Gasteiger partial charge on any atom is -0.493 e. The smallest absolute Gasteiger partial charge is 0.124 e. The quantitative estimate of drug-likeness (QED) is 0.859. The lowest BCUT2D eigenvalue weighted by Crippen LogP contribution is -2.14. The summed E-state index contributed by atoms with van der Waals surface area (Å²) < 4.78 is 5.71. The van der Waals surface area contributed by atoms with Gasteiger partial charge in [-0.15, -0.1) is 12.4 Å². The largest absolute Gasteiger partial charge is 0.493 e. The van der Waals surface area contributed by atoms with E-state index in [4.69, 9.17) is 10.5 Å². The number of ether oxygens (including phenoxy) is 1. The van der Waals surface area contributed by atoms with Crippen molar-refractivity contribution in [3.05, 3.63) is 29.8 Å². The topological polar surface area (TPSA) is 35.2 Å². The molecule has 2 nitrogen and oxygen atoms in total. The molecule has 3 heteroatoms. The maximum Gasteiger partial charge on any atom is 0.124 e. The second-order valence-corrected chi connectivity index (χ2v) is 4.25. The third-order valence-electron chi connectivity index (χ3n) is 2.87. The van der Waals surface area contributed by atoms with Crippen LogP contribution in [0.4, 0.5) is 0 Å². The van der Waals surface area contributed by atoms with Crippen molar-refractivity contribution in [1.82, 2.24) is 0 Å². The molecule has 16 heavy (non-hydrogen) atoms. The highest BCUT2D eigenvalue weighted by Gasteiger charge is 2.30. The van der Waals surface area contributed by atoms with Crippen molar-refractivity contribution in [1.29, 1.82) is 0 Å². The number of halogens is 1. The van der Waals surface area contributed by atoms with Crippen molar-refractivity contribution in [3.8, 4) is 5.75 Å². The molecule has 0 spiro atoms. The summed E-state index contributed by atoms with van der Waals surface area (Å²) in [5.74, 6) is 1.65. The SMILES string of the molecule is CCCOc1ccccc1[C@@H](N)C1CC1.Cl. The minimum absolute atomic E-state index is 0. The minimum atomic E-state index is 0. The molecule has 0 bridgehead atoms. The van der Waals surface area contributed by atoms with E-state index >= 15 is 0 Å². The zero-order chi connectivity index (χ0) is 10.7. The zero-order valence-corrected chi connectivity index (χ0v) is 10.5. The summed E-state index contributed by atoms with van der Waals surface area (Å²) in [6, 6.07) is 8.32. The molecule has 2 N–H and O–H groups in total. The Morgan fingerprint density at radius 1 is 1.38 bits per heavy atom. The molecule has 0 heterocycles. The van der Waals surface area contributed by atoms with Crippen LogP contribution in [-0.2, 0) is 0 Å². The van der Waals surface area contributed by atoms with Gasteiger partial charge in [-0.1, -0.05) is 25.1 Å². The van der Waals surface area contributed by atoms with Gasteiger partial charge in [0.2, 0.25) is 0 Å². The average Bonchev–Trinajstić information content (AvgIpc) is 3.09. The lowest BCUT2D eigenvalue weighted by Gasteiger charge is -2.16. The van der Waals surface area contributed by atoms with Gasteiger partial charge in [0, 0.05) is 11.6 Å². The van der Waals surface area contributed by atoms with E-state index in [9.17, 15) is 0 Å². The van der Waals surface area contributed by atoms with Crippen LogP contribution in [0.5, 0.6) is 5.75 Å². The van der Waals surface area contributed by atoms with Crippen LogP contribution >= 0.6 is 12.4 Å². The molecule has 0 unspecified atom stereocenters. The standard InChI is InChI=1S/C13H19NO.ClH/c1-2-9-15-12-6-4-3-5-11(12)13(14)10-7-8-10;/h3-6,10,13H,2,7-9,14H2,1H3;1H/t13-;/m0./s1. The van der Waals surface area contributed by atoms with Gasteiger partial charge in [-0.3, -0.25) is 0 Å². The first-order chi connectivity index (χ1) is 7.33. The van der Waals surface area contributed by atoms with Gasteiger partial charge in [-0.05, 0) is 31.2 Å². The molecular weight excluding hydrogens is 222 g/mol. The Morgan fingerprint density at radius 2 is 2.06 bits per heavy atom. The van der Waals surface area contributed by atoms with E-state index in [-0.39, 0.29) is 18.4 Å². The second-order valence-electron chi connectivity index (χ2n) is 4.25. The molecule has 1 aliphatic carbocycles. The number of para-hydroxylation sites is 1. The summed E-state index contributed by atoms with van der Waals surface area (Å²) in [6.07, 6.45) is 3.57. The fourth-order valence-electron chi connectivity index (χ4n) is 1.81. The molecule has 1 aromatic rings. The van der Waals surface area contributed by atoms with Crippen molar-refractivity contribution < 1.29 is 4.74 Å². The highest BCUT2D eigenvalue weighted by atomic mass is 35.5. The highest BCUT2D eigenvalue weighted by Crippen LogP contribution is 2.41. The number of benzene rings is 1. The third-order valence-corrected chi connectivity index (χ3v) is 2.87. The molecule has 2 rings (SSSR count). The number of hydrogen-bond donors (Lipinski definition) is 1. The maximum absolute atomic E-state index is 6.19. The first-order valence-electron chi connectivity index (χ1n) is 5.80. The first kappa shape index (κ1) is 13.3. The van der Waals surface area contributed by atoms with E-state index in [1.165, 1.54) is 18.4 Å². The Morgan fingerprint density at radius 3 is 2.69 bits per heavy atom. The fourth-order valence-corrected chi connectivity index (χ4v) is 1.81. The van der Waals surface area contributed by atoms with Gasteiger partial charge in [0.15, 0.2) is 0 Å². The molecular formula is C13H20ClNO. The molecule has 1 atom stereocenters. The van der Waals surface area contributed by atoms with Gasteiger partial charge in [0.25, 0.3) is 0 Å². The molecule has 1 aliphatic rings. The van der Waals surface area contributed by atoms with Crippen LogP contribution in [0.2, 0.25) is 0 Å². The molecule has 0 amide bonds. The molecule has 0 aromatic heterocycles. The summed E-state index contributed by atoms with van der Waals surface area (Å²) >= 11 is 0. The summed E-state index contributed by atoms with van der Waals surface area (Å²) in [5, 5.41) is 0. The van der Waals surface area contributed by atoms with E-state index in [1.807, 2.05) is 18.2 Å². The van der Waals surface area contributed by atoms with Gasteiger partial charge >= 0.3 is 0 Å². The summed E-state index contributed by atoms with van der Waals surface area (Å²) in [7, 11) is 0. The summed E-state index contributed by atoms with van der Waals surface area (Å²) in [5.41, 5.74) is 7.37. The number of rotatable bonds is 5. The predicted molar refractivity (Wildman–Crippen MR) is 69.1 cm³/mol. The molecule has 0 aliphatic heterocycles. The zero-order valence-electron chi connectivity index (χ0n) is 9.69. The second kappa shape index (κ2) is 6.12. The van der Waals surface area contributed by atoms with Crippen molar-refractivity contribution in [2.45, 2.75) is 32.2 Å². The average molecular weight is 242 g/mol. The van der Waals surface area contributed by atoms with Crippen LogP contribution in [0.25, 0.3) is 0 Å². The summed E-state index contributed by atoms with van der Waals surface area (Å²) in [4.78, 5) is 0. The Bertz CT molecular complexity index is 325. The Hall–Kier alpha value is -0.730. The van der Waals surface area contributed by atoms with Crippen LogP contribution < -0.4 is 10.5 Å². The van der Waals surface area contributed by atoms with Crippen molar-refractivity contribution in [2.75, 3.05) is 6.61 Å². The first-order valence-corrected chi connectivity index (χ1v) is 5.80. The maximum atomic E-state index is 6.19. The lowest BCUT2D eigenvalue weighted by molar-refractivity contribution is 0.311. The van der Waals surface area contributed by atoms with Crippen LogP contribution in [0.15, 0.2) is 24.3 Å².